The van der Waals surface area contributed by atoms with Crippen molar-refractivity contribution in [3.05, 3.63) is 20.8 Å². The summed E-state index contributed by atoms with van der Waals surface area (Å²) in [6, 6.07) is 1.39. The Morgan fingerprint density at radius 2 is 2.50 bits per heavy atom. The molecule has 0 saturated heterocycles. The van der Waals surface area contributed by atoms with E-state index in [1.54, 1.807) is 0 Å². The van der Waals surface area contributed by atoms with Crippen LogP contribution in [-0.2, 0) is 0 Å². The van der Waals surface area contributed by atoms with Crippen LogP contribution in [0.2, 0.25) is 0 Å². The highest BCUT2D eigenvalue weighted by atomic mass is 79.9. The fourth-order valence-corrected chi connectivity index (χ4v) is 2.03. The van der Waals surface area contributed by atoms with Gasteiger partial charge in [-0.2, -0.15) is 0 Å². The van der Waals surface area contributed by atoms with Gasteiger partial charge in [-0.25, -0.2) is 4.39 Å². The normalized spacial score (nSPS) is 13.5. The van der Waals surface area contributed by atoms with Crippen LogP contribution in [0.3, 0.4) is 0 Å². The molecule has 1 aromatic heterocycles. The zero-order chi connectivity index (χ0) is 7.56. The molecule has 0 bridgehead atoms. The molecule has 10 heavy (non-hydrogen) atoms. The van der Waals surface area contributed by atoms with E-state index < -0.39 is 12.7 Å². The molecule has 1 aromatic rings. The van der Waals surface area contributed by atoms with Gasteiger partial charge in [0.05, 0.1) is 6.04 Å². The van der Waals surface area contributed by atoms with Gasteiger partial charge >= 0.3 is 0 Å². The van der Waals surface area contributed by atoms with Crippen LogP contribution < -0.4 is 5.73 Å². The Kier molecular flexibility index (Phi) is 2.82. The predicted octanol–water partition coefficient (Wildman–Crippen LogP) is 2.48. The minimum atomic E-state index is -0.493. The third kappa shape index (κ3) is 1.78. The Bertz CT molecular complexity index is 213. The second kappa shape index (κ2) is 3.46. The molecular formula is C6H7BrFNS. The number of nitrogens with two attached hydrogens (primary N) is 1. The first-order valence-electron chi connectivity index (χ1n) is 2.79. The number of hydrogen-bond donors (Lipinski definition) is 1. The molecule has 1 rings (SSSR count). The van der Waals surface area contributed by atoms with Crippen LogP contribution in [0.1, 0.15) is 10.9 Å². The summed E-state index contributed by atoms with van der Waals surface area (Å²) in [6.07, 6.45) is 0. The van der Waals surface area contributed by atoms with Crippen molar-refractivity contribution in [1.82, 2.24) is 0 Å². The SMILES string of the molecule is N[C@@H](CF)c1cc(Br)cs1. The van der Waals surface area contributed by atoms with Crippen LogP contribution in [0.5, 0.6) is 0 Å². The molecule has 0 saturated carbocycles. The van der Waals surface area contributed by atoms with Crippen LogP contribution in [0.4, 0.5) is 4.39 Å². The van der Waals surface area contributed by atoms with Gasteiger partial charge in [-0.1, -0.05) is 0 Å². The van der Waals surface area contributed by atoms with Crippen LogP contribution in [0.25, 0.3) is 0 Å². The zero-order valence-electron chi connectivity index (χ0n) is 5.18. The quantitative estimate of drug-likeness (QED) is 0.820. The van der Waals surface area contributed by atoms with Crippen molar-refractivity contribution in [3.63, 3.8) is 0 Å². The Morgan fingerprint density at radius 3 is 2.90 bits per heavy atom. The average Bonchev–Trinajstić information content (AvgIpc) is 2.34. The summed E-state index contributed by atoms with van der Waals surface area (Å²) in [5, 5.41) is 1.89. The first kappa shape index (κ1) is 8.17. The minimum absolute atomic E-state index is 0.448. The molecule has 1 atom stereocenters. The van der Waals surface area contributed by atoms with Crippen LogP contribution in [-0.4, -0.2) is 6.67 Å². The molecule has 0 amide bonds. The first-order chi connectivity index (χ1) is 4.74. The molecule has 0 fully saturated rings. The Labute approximate surface area is 71.2 Å². The lowest BCUT2D eigenvalue weighted by Gasteiger charge is -2.00. The van der Waals surface area contributed by atoms with Gasteiger partial charge in [0.1, 0.15) is 6.67 Å². The van der Waals surface area contributed by atoms with Gasteiger partial charge in [0.25, 0.3) is 0 Å². The molecule has 0 radical (unpaired) electrons. The number of rotatable bonds is 2. The number of thiophene rings is 1. The van der Waals surface area contributed by atoms with E-state index in [-0.39, 0.29) is 0 Å². The largest absolute Gasteiger partial charge is 0.321 e. The van der Waals surface area contributed by atoms with E-state index >= 15 is 0 Å². The summed E-state index contributed by atoms with van der Waals surface area (Å²) in [6.45, 7) is -0.493. The van der Waals surface area contributed by atoms with Gasteiger partial charge in [-0.3, -0.25) is 0 Å². The smallest absolute Gasteiger partial charge is 0.109 e. The van der Waals surface area contributed by atoms with Crippen molar-refractivity contribution in [3.8, 4) is 0 Å². The molecule has 56 valence electrons. The summed E-state index contributed by atoms with van der Waals surface area (Å²) in [7, 11) is 0. The van der Waals surface area contributed by atoms with Crippen molar-refractivity contribution >= 4 is 27.3 Å². The van der Waals surface area contributed by atoms with E-state index in [0.717, 1.165) is 9.35 Å². The standard InChI is InChI=1S/C6H7BrFNS/c7-4-1-6(10-3-4)5(9)2-8/h1,3,5H,2,9H2/t5-/m0/s1. The fraction of sp³-hybridized carbons (Fsp3) is 0.333. The topological polar surface area (TPSA) is 26.0 Å². The Balaban J connectivity index is 2.74. The fourth-order valence-electron chi connectivity index (χ4n) is 0.599. The Hall–Kier alpha value is 0.0700. The summed E-state index contributed by atoms with van der Waals surface area (Å²) < 4.78 is 12.9. The average molecular weight is 224 g/mol. The lowest BCUT2D eigenvalue weighted by Crippen LogP contribution is -2.09. The highest BCUT2D eigenvalue weighted by Crippen LogP contribution is 2.24. The van der Waals surface area contributed by atoms with Crippen molar-refractivity contribution < 1.29 is 4.39 Å². The predicted molar refractivity (Wildman–Crippen MR) is 44.9 cm³/mol. The number of hydrogen-bond acceptors (Lipinski definition) is 2. The van der Waals surface area contributed by atoms with Crippen molar-refractivity contribution in [2.24, 2.45) is 5.73 Å². The molecule has 1 nitrogen and oxygen atoms in total. The molecule has 1 heterocycles. The molecule has 4 heteroatoms. The number of halogens is 2. The molecule has 0 aromatic carbocycles. The Morgan fingerprint density at radius 1 is 1.80 bits per heavy atom. The van der Waals surface area contributed by atoms with Crippen LogP contribution in [0, 0.1) is 0 Å². The van der Waals surface area contributed by atoms with Gasteiger partial charge in [0.2, 0.25) is 0 Å². The molecule has 0 unspecified atom stereocenters. The molecule has 2 N–H and O–H groups in total. The summed E-state index contributed by atoms with van der Waals surface area (Å²) in [5.74, 6) is 0. The maximum absolute atomic E-state index is 11.9. The summed E-state index contributed by atoms with van der Waals surface area (Å²) >= 11 is 4.73. The van der Waals surface area contributed by atoms with E-state index in [1.165, 1.54) is 11.3 Å². The maximum Gasteiger partial charge on any atom is 0.109 e. The first-order valence-corrected chi connectivity index (χ1v) is 4.47. The van der Waals surface area contributed by atoms with Gasteiger partial charge in [0, 0.05) is 14.7 Å². The van der Waals surface area contributed by atoms with E-state index in [4.69, 9.17) is 5.73 Å². The molecule has 0 spiro atoms. The van der Waals surface area contributed by atoms with Gasteiger partial charge in [-0.05, 0) is 22.0 Å². The molecule has 0 aliphatic rings. The van der Waals surface area contributed by atoms with Gasteiger partial charge < -0.3 is 5.73 Å². The van der Waals surface area contributed by atoms with Crippen molar-refractivity contribution in [2.45, 2.75) is 6.04 Å². The van der Waals surface area contributed by atoms with E-state index in [2.05, 4.69) is 15.9 Å². The van der Waals surface area contributed by atoms with E-state index in [0.29, 0.717) is 0 Å². The second-order valence-electron chi connectivity index (χ2n) is 1.93. The minimum Gasteiger partial charge on any atom is -0.321 e. The third-order valence-corrected chi connectivity index (χ3v) is 2.94. The van der Waals surface area contributed by atoms with Crippen molar-refractivity contribution in [2.75, 3.05) is 6.67 Å². The van der Waals surface area contributed by atoms with E-state index in [1.807, 2.05) is 11.4 Å². The van der Waals surface area contributed by atoms with Crippen LogP contribution >= 0.6 is 27.3 Å². The lowest BCUT2D eigenvalue weighted by molar-refractivity contribution is 0.440. The summed E-state index contributed by atoms with van der Waals surface area (Å²) in [4.78, 5) is 0.884. The third-order valence-electron chi connectivity index (χ3n) is 1.12. The lowest BCUT2D eigenvalue weighted by atomic mass is 10.3. The number of alkyl halides is 1. The molecular weight excluding hydrogens is 217 g/mol. The van der Waals surface area contributed by atoms with Crippen molar-refractivity contribution in [1.29, 1.82) is 0 Å². The zero-order valence-corrected chi connectivity index (χ0v) is 7.58. The molecule has 0 aliphatic heterocycles. The van der Waals surface area contributed by atoms with E-state index in [9.17, 15) is 4.39 Å². The van der Waals surface area contributed by atoms with Gasteiger partial charge in [-0.15, -0.1) is 11.3 Å². The second-order valence-corrected chi connectivity index (χ2v) is 3.79. The highest BCUT2D eigenvalue weighted by Gasteiger charge is 2.06. The van der Waals surface area contributed by atoms with Gasteiger partial charge in [0.15, 0.2) is 0 Å². The highest BCUT2D eigenvalue weighted by molar-refractivity contribution is 9.10. The van der Waals surface area contributed by atoms with Crippen LogP contribution in [0.15, 0.2) is 15.9 Å². The summed E-state index contributed by atoms with van der Waals surface area (Å²) in [5.41, 5.74) is 5.42. The molecule has 0 aliphatic carbocycles. The monoisotopic (exact) mass is 223 g/mol. The maximum atomic E-state index is 11.9.